The van der Waals surface area contributed by atoms with Crippen LogP contribution in [-0.2, 0) is 9.53 Å². The highest BCUT2D eigenvalue weighted by molar-refractivity contribution is 9.10. The van der Waals surface area contributed by atoms with Crippen LogP contribution in [0, 0.1) is 5.82 Å². The molecule has 2 rings (SSSR count). The highest BCUT2D eigenvalue weighted by Crippen LogP contribution is 2.19. The van der Waals surface area contributed by atoms with Crippen molar-refractivity contribution < 1.29 is 18.7 Å². The second-order valence-electron chi connectivity index (χ2n) is 5.00. The normalized spacial score (nSPS) is 10.7. The van der Waals surface area contributed by atoms with Gasteiger partial charge in [0.25, 0.3) is 5.91 Å². The second-order valence-corrected chi connectivity index (χ2v) is 5.86. The number of nitrogens with one attached hydrogen (secondary N) is 1. The van der Waals surface area contributed by atoms with Gasteiger partial charge in [-0.3, -0.25) is 4.79 Å². The van der Waals surface area contributed by atoms with Crippen molar-refractivity contribution in [1.29, 1.82) is 0 Å². The van der Waals surface area contributed by atoms with Crippen LogP contribution in [0.2, 0.25) is 0 Å². The van der Waals surface area contributed by atoms with E-state index in [1.807, 2.05) is 13.8 Å². The van der Waals surface area contributed by atoms with E-state index >= 15 is 0 Å². The van der Waals surface area contributed by atoms with E-state index in [1.165, 1.54) is 6.07 Å². The van der Waals surface area contributed by atoms with Gasteiger partial charge in [0.2, 0.25) is 0 Å². The molecule has 0 aliphatic rings. The Balaban J connectivity index is 1.93. The minimum absolute atomic E-state index is 0.0815. The maximum Gasteiger partial charge on any atom is 0.339 e. The number of aromatic nitrogens is 2. The van der Waals surface area contributed by atoms with Crippen molar-refractivity contribution in [2.45, 2.75) is 19.9 Å². The van der Waals surface area contributed by atoms with Crippen molar-refractivity contribution in [3.63, 3.8) is 0 Å². The zero-order valence-corrected chi connectivity index (χ0v) is 14.1. The van der Waals surface area contributed by atoms with E-state index in [9.17, 15) is 14.0 Å². The number of benzene rings is 1. The van der Waals surface area contributed by atoms with E-state index in [0.717, 1.165) is 12.1 Å². The third kappa shape index (κ3) is 4.38. The van der Waals surface area contributed by atoms with Crippen molar-refractivity contribution in [2.24, 2.45) is 0 Å². The molecule has 0 fully saturated rings. The molecule has 0 aliphatic carbocycles. The molecule has 122 valence electrons. The number of carbonyl (C=O) groups excluding carboxylic acids is 2. The van der Waals surface area contributed by atoms with Gasteiger partial charge in [-0.15, -0.1) is 0 Å². The Bertz CT molecular complexity index is 731. The Kier molecular flexibility index (Phi) is 5.49. The van der Waals surface area contributed by atoms with E-state index in [2.05, 4.69) is 26.3 Å². The van der Waals surface area contributed by atoms with Gasteiger partial charge in [-0.2, -0.15) is 5.10 Å². The maximum absolute atomic E-state index is 13.0. The Morgan fingerprint density at radius 3 is 2.78 bits per heavy atom. The Morgan fingerprint density at radius 2 is 2.13 bits per heavy atom. The first-order valence-corrected chi connectivity index (χ1v) is 7.63. The van der Waals surface area contributed by atoms with Crippen LogP contribution in [-0.4, -0.2) is 28.3 Å². The minimum Gasteiger partial charge on any atom is -0.452 e. The number of anilines is 1. The van der Waals surface area contributed by atoms with Gasteiger partial charge < -0.3 is 10.1 Å². The van der Waals surface area contributed by atoms with E-state index in [0.29, 0.717) is 5.82 Å². The molecule has 0 unspecified atom stereocenters. The number of hydrogen-bond donors (Lipinski definition) is 1. The molecule has 0 atom stereocenters. The molecular formula is C15H15BrFN3O3. The molecular weight excluding hydrogens is 369 g/mol. The van der Waals surface area contributed by atoms with Crippen LogP contribution in [0.3, 0.4) is 0 Å². The van der Waals surface area contributed by atoms with Gasteiger partial charge >= 0.3 is 5.97 Å². The van der Waals surface area contributed by atoms with Crippen molar-refractivity contribution in [3.8, 4) is 0 Å². The topological polar surface area (TPSA) is 73.2 Å². The first-order chi connectivity index (χ1) is 10.9. The Labute approximate surface area is 140 Å². The van der Waals surface area contributed by atoms with Gasteiger partial charge in [0.1, 0.15) is 11.6 Å². The lowest BCUT2D eigenvalue weighted by Gasteiger charge is -2.12. The molecule has 0 saturated heterocycles. The molecule has 8 heteroatoms. The second kappa shape index (κ2) is 7.36. The third-order valence-electron chi connectivity index (χ3n) is 2.91. The van der Waals surface area contributed by atoms with Gasteiger partial charge in [-0.25, -0.2) is 13.9 Å². The smallest absolute Gasteiger partial charge is 0.339 e. The lowest BCUT2D eigenvalue weighted by Crippen LogP contribution is -2.23. The molecule has 2 aromatic rings. The lowest BCUT2D eigenvalue weighted by atomic mass is 10.2. The van der Waals surface area contributed by atoms with Crippen LogP contribution in [0.5, 0.6) is 0 Å². The molecule has 23 heavy (non-hydrogen) atoms. The number of nitrogens with zero attached hydrogens (tertiary/aromatic N) is 2. The largest absolute Gasteiger partial charge is 0.452 e. The minimum atomic E-state index is -0.718. The molecule has 0 aliphatic heterocycles. The van der Waals surface area contributed by atoms with Gasteiger partial charge in [-0.1, -0.05) is 0 Å². The highest BCUT2D eigenvalue weighted by Gasteiger charge is 2.15. The van der Waals surface area contributed by atoms with Crippen LogP contribution in [0.15, 0.2) is 34.9 Å². The average Bonchev–Trinajstić information content (AvgIpc) is 2.93. The van der Waals surface area contributed by atoms with Crippen molar-refractivity contribution >= 4 is 33.6 Å². The number of carbonyl (C=O) groups is 2. The SMILES string of the molecule is CC(C)n1nccc1NC(=O)COC(=O)c1ccc(F)cc1Br. The van der Waals surface area contributed by atoms with Crippen molar-refractivity contribution in [1.82, 2.24) is 9.78 Å². The summed E-state index contributed by atoms with van der Waals surface area (Å²) in [6.45, 7) is 3.40. The van der Waals surface area contributed by atoms with E-state index in [1.54, 1.807) is 16.9 Å². The van der Waals surface area contributed by atoms with Gasteiger partial charge in [0.15, 0.2) is 6.61 Å². The first-order valence-electron chi connectivity index (χ1n) is 6.84. The van der Waals surface area contributed by atoms with E-state index in [-0.39, 0.29) is 16.1 Å². The van der Waals surface area contributed by atoms with Crippen LogP contribution < -0.4 is 5.32 Å². The molecule has 1 amide bonds. The summed E-state index contributed by atoms with van der Waals surface area (Å²) in [5.41, 5.74) is 0.145. The number of esters is 1. The summed E-state index contributed by atoms with van der Waals surface area (Å²) >= 11 is 3.08. The van der Waals surface area contributed by atoms with Gasteiger partial charge in [0, 0.05) is 16.6 Å². The Hall–Kier alpha value is -2.22. The summed E-state index contributed by atoms with van der Waals surface area (Å²) in [5, 5.41) is 6.70. The molecule has 1 heterocycles. The van der Waals surface area contributed by atoms with Crippen LogP contribution in [0.25, 0.3) is 0 Å². The fourth-order valence-electron chi connectivity index (χ4n) is 1.87. The fraction of sp³-hybridized carbons (Fsp3) is 0.267. The summed E-state index contributed by atoms with van der Waals surface area (Å²) in [6.07, 6.45) is 1.57. The number of hydrogen-bond acceptors (Lipinski definition) is 4. The van der Waals surface area contributed by atoms with E-state index < -0.39 is 24.3 Å². The van der Waals surface area contributed by atoms with Crippen LogP contribution >= 0.6 is 15.9 Å². The first kappa shape index (κ1) is 17.1. The monoisotopic (exact) mass is 383 g/mol. The number of amides is 1. The predicted octanol–water partition coefficient (Wildman–Crippen LogP) is 3.16. The van der Waals surface area contributed by atoms with Gasteiger partial charge in [-0.05, 0) is 48.0 Å². The van der Waals surface area contributed by atoms with Crippen LogP contribution in [0.1, 0.15) is 30.2 Å². The molecule has 1 aromatic carbocycles. The maximum atomic E-state index is 13.0. The summed E-state index contributed by atoms with van der Waals surface area (Å²) in [7, 11) is 0. The molecule has 6 nitrogen and oxygen atoms in total. The summed E-state index contributed by atoms with van der Waals surface area (Å²) in [4.78, 5) is 23.7. The molecule has 0 spiro atoms. The summed E-state index contributed by atoms with van der Waals surface area (Å²) in [6, 6.07) is 5.31. The summed E-state index contributed by atoms with van der Waals surface area (Å²) in [5.74, 6) is -1.17. The van der Waals surface area contributed by atoms with Gasteiger partial charge in [0.05, 0.1) is 11.8 Å². The van der Waals surface area contributed by atoms with E-state index in [4.69, 9.17) is 4.74 Å². The number of halogens is 2. The number of rotatable bonds is 5. The molecule has 1 N–H and O–H groups in total. The predicted molar refractivity (Wildman–Crippen MR) is 85.6 cm³/mol. The van der Waals surface area contributed by atoms with Crippen molar-refractivity contribution in [3.05, 3.63) is 46.3 Å². The number of ether oxygens (including phenoxy) is 1. The highest BCUT2D eigenvalue weighted by atomic mass is 79.9. The average molecular weight is 384 g/mol. The zero-order valence-electron chi connectivity index (χ0n) is 12.5. The molecule has 0 saturated carbocycles. The third-order valence-corrected chi connectivity index (χ3v) is 3.57. The molecule has 1 aromatic heterocycles. The quantitative estimate of drug-likeness (QED) is 0.804. The lowest BCUT2D eigenvalue weighted by molar-refractivity contribution is -0.119. The molecule has 0 bridgehead atoms. The standard InChI is InChI=1S/C15H15BrFN3O3/c1-9(2)20-13(5-6-18-20)19-14(21)8-23-15(22)11-4-3-10(17)7-12(11)16/h3-7,9H,8H2,1-2H3,(H,19,21). The van der Waals surface area contributed by atoms with Crippen LogP contribution in [0.4, 0.5) is 10.2 Å². The molecule has 0 radical (unpaired) electrons. The fourth-order valence-corrected chi connectivity index (χ4v) is 2.38. The Morgan fingerprint density at radius 1 is 1.39 bits per heavy atom. The summed E-state index contributed by atoms with van der Waals surface area (Å²) < 4.78 is 19.8. The zero-order chi connectivity index (χ0) is 17.0. The van der Waals surface area contributed by atoms with Crippen molar-refractivity contribution in [2.75, 3.05) is 11.9 Å².